The lowest BCUT2D eigenvalue weighted by molar-refractivity contribution is -0.757. The van der Waals surface area contributed by atoms with E-state index in [0.29, 0.717) is 6.42 Å². The Morgan fingerprint density at radius 1 is 1.48 bits per heavy atom. The lowest BCUT2D eigenvalue weighted by Gasteiger charge is -2.07. The molecule has 0 heterocycles. The molecule has 21 heavy (non-hydrogen) atoms. The van der Waals surface area contributed by atoms with Gasteiger partial charge in [0.2, 0.25) is 0 Å². The lowest BCUT2D eigenvalue weighted by atomic mass is 10.3. The molecule has 0 aromatic heterocycles. The van der Waals surface area contributed by atoms with Crippen LogP contribution >= 0.6 is 11.8 Å². The molecular weight excluding hydrogens is 292 g/mol. The summed E-state index contributed by atoms with van der Waals surface area (Å²) < 4.78 is 0. The Morgan fingerprint density at radius 2 is 2.19 bits per heavy atom. The average molecular weight is 310 g/mol. The standard InChI is InChI=1S/C13H18N4O3S/c1-11(13(21-2)8-9-20-17(18)19)14-10-15-16-12-6-4-3-5-7-12/h3-7,10,16H,8-9H2,1-2H3,(H,14,15)/b13-11-. The first-order chi connectivity index (χ1) is 10.1. The molecule has 0 radical (unpaired) electrons. The van der Waals surface area contributed by atoms with E-state index in [4.69, 9.17) is 0 Å². The van der Waals surface area contributed by atoms with E-state index in [-0.39, 0.29) is 6.61 Å². The summed E-state index contributed by atoms with van der Waals surface area (Å²) in [6.07, 6.45) is 3.89. The highest BCUT2D eigenvalue weighted by Gasteiger charge is 2.02. The van der Waals surface area contributed by atoms with E-state index in [9.17, 15) is 10.1 Å². The summed E-state index contributed by atoms with van der Waals surface area (Å²) in [7, 11) is 0. The number of benzene rings is 1. The van der Waals surface area contributed by atoms with Gasteiger partial charge in [0, 0.05) is 17.0 Å². The van der Waals surface area contributed by atoms with Crippen LogP contribution in [0.15, 0.2) is 45.9 Å². The van der Waals surface area contributed by atoms with Crippen LogP contribution in [0, 0.1) is 10.1 Å². The van der Waals surface area contributed by atoms with Crippen molar-refractivity contribution in [3.8, 4) is 0 Å². The van der Waals surface area contributed by atoms with Gasteiger partial charge in [0.05, 0.1) is 5.69 Å². The van der Waals surface area contributed by atoms with Gasteiger partial charge in [-0.15, -0.1) is 21.9 Å². The Bertz CT molecular complexity index is 505. The second-order valence-electron chi connectivity index (χ2n) is 3.91. The molecule has 0 bridgehead atoms. The van der Waals surface area contributed by atoms with Gasteiger partial charge in [0.25, 0.3) is 5.09 Å². The minimum Gasteiger partial charge on any atom is -0.314 e. The van der Waals surface area contributed by atoms with Gasteiger partial charge in [0.1, 0.15) is 12.9 Å². The molecule has 0 amide bonds. The second kappa shape index (κ2) is 9.65. The minimum atomic E-state index is -0.790. The maximum atomic E-state index is 10.1. The van der Waals surface area contributed by atoms with Crippen LogP contribution < -0.4 is 10.9 Å². The molecule has 0 saturated heterocycles. The van der Waals surface area contributed by atoms with Crippen LogP contribution in [0.4, 0.5) is 5.69 Å². The molecule has 0 aliphatic heterocycles. The Balaban J connectivity index is 2.43. The Labute approximate surface area is 127 Å². The van der Waals surface area contributed by atoms with Gasteiger partial charge in [-0.25, -0.2) is 4.99 Å². The molecular formula is C13H18N4O3S. The summed E-state index contributed by atoms with van der Waals surface area (Å²) in [6, 6.07) is 9.63. The van der Waals surface area contributed by atoms with Crippen molar-refractivity contribution in [1.29, 1.82) is 0 Å². The summed E-state index contributed by atoms with van der Waals surface area (Å²) in [5, 5.41) is 9.31. The zero-order valence-electron chi connectivity index (χ0n) is 11.9. The highest BCUT2D eigenvalue weighted by molar-refractivity contribution is 8.02. The molecule has 7 nitrogen and oxygen atoms in total. The number of hydrogen-bond acceptors (Lipinski definition) is 6. The van der Waals surface area contributed by atoms with Crippen molar-refractivity contribution in [2.75, 3.05) is 18.3 Å². The molecule has 1 aromatic carbocycles. The fourth-order valence-electron chi connectivity index (χ4n) is 1.48. The summed E-state index contributed by atoms with van der Waals surface area (Å²) in [4.78, 5) is 19.6. The molecule has 2 N–H and O–H groups in total. The fraction of sp³-hybridized carbons (Fsp3) is 0.308. The number of nitrogens with zero attached hydrogens (tertiary/aromatic N) is 2. The van der Waals surface area contributed by atoms with Crippen LogP contribution in [-0.4, -0.2) is 24.3 Å². The smallest absolute Gasteiger partial charge is 0.294 e. The lowest BCUT2D eigenvalue weighted by Crippen LogP contribution is -2.19. The number of thioether (sulfide) groups is 1. The molecule has 8 heteroatoms. The van der Waals surface area contributed by atoms with Crippen LogP contribution in [0.3, 0.4) is 0 Å². The highest BCUT2D eigenvalue weighted by Crippen LogP contribution is 2.21. The number of hydrazine groups is 1. The monoisotopic (exact) mass is 310 g/mol. The number of hydrogen-bond donors (Lipinski definition) is 2. The summed E-state index contributed by atoms with van der Waals surface area (Å²) in [6.45, 7) is 1.88. The van der Waals surface area contributed by atoms with Crippen LogP contribution in [0.25, 0.3) is 0 Å². The third kappa shape index (κ3) is 7.21. The number of allylic oxidation sites excluding steroid dienone is 1. The predicted molar refractivity (Wildman–Crippen MR) is 85.5 cm³/mol. The first-order valence-corrected chi connectivity index (χ1v) is 7.46. The first-order valence-electron chi connectivity index (χ1n) is 6.23. The largest absolute Gasteiger partial charge is 0.314 e. The van der Waals surface area contributed by atoms with Crippen LogP contribution in [0.5, 0.6) is 0 Å². The van der Waals surface area contributed by atoms with Crippen molar-refractivity contribution >= 4 is 23.8 Å². The van der Waals surface area contributed by atoms with Gasteiger partial charge in [-0.1, -0.05) is 18.2 Å². The van der Waals surface area contributed by atoms with Gasteiger partial charge in [-0.3, -0.25) is 5.43 Å². The van der Waals surface area contributed by atoms with Crippen molar-refractivity contribution in [2.45, 2.75) is 13.3 Å². The van der Waals surface area contributed by atoms with Crippen molar-refractivity contribution in [1.82, 2.24) is 5.43 Å². The average Bonchev–Trinajstić information content (AvgIpc) is 2.48. The SMILES string of the molecule is CS/C(CCO[N+](=O)[O-])=C(/C)N=CNNc1ccccc1. The van der Waals surface area contributed by atoms with Crippen LogP contribution in [-0.2, 0) is 4.84 Å². The molecule has 114 valence electrons. The van der Waals surface area contributed by atoms with E-state index in [1.54, 1.807) is 0 Å². The zero-order chi connectivity index (χ0) is 15.5. The molecule has 0 spiro atoms. The molecule has 0 unspecified atom stereocenters. The summed E-state index contributed by atoms with van der Waals surface area (Å²) in [5.41, 5.74) is 7.55. The zero-order valence-corrected chi connectivity index (χ0v) is 12.7. The quantitative estimate of drug-likeness (QED) is 0.315. The summed E-state index contributed by atoms with van der Waals surface area (Å²) >= 11 is 1.50. The molecule has 0 aliphatic rings. The Morgan fingerprint density at radius 3 is 2.81 bits per heavy atom. The van der Waals surface area contributed by atoms with Crippen molar-refractivity contribution in [2.24, 2.45) is 4.99 Å². The van der Waals surface area contributed by atoms with E-state index >= 15 is 0 Å². The van der Waals surface area contributed by atoms with E-state index in [1.807, 2.05) is 43.5 Å². The molecule has 0 fully saturated rings. The first kappa shape index (κ1) is 16.8. The molecule has 0 saturated carbocycles. The van der Waals surface area contributed by atoms with E-state index in [1.165, 1.54) is 18.1 Å². The second-order valence-corrected chi connectivity index (χ2v) is 4.81. The molecule has 0 atom stereocenters. The number of rotatable bonds is 9. The minimum absolute atomic E-state index is 0.0335. The number of nitrogens with one attached hydrogen (secondary N) is 2. The Hall–Kier alpha value is -2.22. The third-order valence-corrected chi connectivity index (χ3v) is 3.48. The molecule has 0 aliphatic carbocycles. The predicted octanol–water partition coefficient (Wildman–Crippen LogP) is 2.82. The fourth-order valence-corrected chi connectivity index (χ4v) is 2.12. The van der Waals surface area contributed by atoms with Crippen LogP contribution in [0.1, 0.15) is 13.3 Å². The molecule has 1 aromatic rings. The van der Waals surface area contributed by atoms with E-state index < -0.39 is 5.09 Å². The number of para-hydroxylation sites is 1. The molecule has 1 rings (SSSR count). The van der Waals surface area contributed by atoms with Gasteiger partial charge < -0.3 is 10.3 Å². The van der Waals surface area contributed by atoms with Crippen molar-refractivity contribution in [3.05, 3.63) is 51.0 Å². The van der Waals surface area contributed by atoms with E-state index in [2.05, 4.69) is 20.7 Å². The van der Waals surface area contributed by atoms with Gasteiger partial charge in [-0.05, 0) is 25.3 Å². The topological polar surface area (TPSA) is 88.8 Å². The van der Waals surface area contributed by atoms with Gasteiger partial charge >= 0.3 is 0 Å². The maximum Gasteiger partial charge on any atom is 0.294 e. The van der Waals surface area contributed by atoms with Gasteiger partial charge in [0.15, 0.2) is 0 Å². The normalized spacial score (nSPS) is 11.9. The highest BCUT2D eigenvalue weighted by atomic mass is 32.2. The van der Waals surface area contributed by atoms with E-state index in [0.717, 1.165) is 16.3 Å². The maximum absolute atomic E-state index is 10.1. The van der Waals surface area contributed by atoms with Crippen LogP contribution in [0.2, 0.25) is 0 Å². The third-order valence-electron chi connectivity index (χ3n) is 2.49. The van der Waals surface area contributed by atoms with Crippen molar-refractivity contribution in [3.63, 3.8) is 0 Å². The Kier molecular flexibility index (Phi) is 7.73. The van der Waals surface area contributed by atoms with Crippen molar-refractivity contribution < 1.29 is 9.92 Å². The summed E-state index contributed by atoms with van der Waals surface area (Å²) in [5.74, 6) is 0. The number of anilines is 1. The van der Waals surface area contributed by atoms with Gasteiger partial charge in [-0.2, -0.15) is 0 Å². The number of aliphatic imine (C=N–C) groups is 1.